The lowest BCUT2D eigenvalue weighted by molar-refractivity contribution is -0.121. The Hall–Kier alpha value is -1.62. The van der Waals surface area contributed by atoms with Gasteiger partial charge in [-0.1, -0.05) is 6.07 Å². The second-order valence-corrected chi connectivity index (χ2v) is 4.35. The first-order valence-corrected chi connectivity index (χ1v) is 5.81. The molecule has 0 radical (unpaired) electrons. The lowest BCUT2D eigenvalue weighted by Gasteiger charge is -2.23. The molecule has 1 aromatic rings. The molecule has 0 aliphatic carbocycles. The van der Waals surface area contributed by atoms with Crippen molar-refractivity contribution in [1.82, 2.24) is 9.99 Å². The van der Waals surface area contributed by atoms with Gasteiger partial charge in [0.15, 0.2) is 0 Å². The van der Waals surface area contributed by atoms with E-state index in [2.05, 4.69) is 5.32 Å². The Labute approximate surface area is 100 Å². The van der Waals surface area contributed by atoms with Gasteiger partial charge in [0, 0.05) is 18.8 Å². The van der Waals surface area contributed by atoms with E-state index < -0.39 is 0 Å². The summed E-state index contributed by atoms with van der Waals surface area (Å²) in [6.07, 6.45) is 3.46. The Morgan fingerprint density at radius 2 is 2.35 bits per heavy atom. The van der Waals surface area contributed by atoms with Crippen LogP contribution < -0.4 is 15.9 Å². The number of nitrogens with one attached hydrogen (secondary N) is 1. The molecule has 2 heterocycles. The van der Waals surface area contributed by atoms with Gasteiger partial charge in [-0.3, -0.25) is 9.59 Å². The van der Waals surface area contributed by atoms with Crippen molar-refractivity contribution < 1.29 is 4.79 Å². The van der Waals surface area contributed by atoms with E-state index in [-0.39, 0.29) is 17.5 Å². The third-order valence-electron chi connectivity index (χ3n) is 3.12. The molecule has 5 nitrogen and oxygen atoms in total. The van der Waals surface area contributed by atoms with Crippen LogP contribution >= 0.6 is 0 Å². The number of carbonyl (C=O) groups excluding carboxylic acids is 1. The fourth-order valence-electron chi connectivity index (χ4n) is 2.05. The van der Waals surface area contributed by atoms with Crippen LogP contribution in [0.2, 0.25) is 0 Å². The van der Waals surface area contributed by atoms with Crippen LogP contribution in [-0.4, -0.2) is 30.2 Å². The van der Waals surface area contributed by atoms with Gasteiger partial charge in [0.05, 0.1) is 6.04 Å². The van der Waals surface area contributed by atoms with E-state index in [1.807, 2.05) is 0 Å². The van der Waals surface area contributed by atoms with E-state index >= 15 is 0 Å². The summed E-state index contributed by atoms with van der Waals surface area (Å²) < 4.78 is 1.36. The van der Waals surface area contributed by atoms with Crippen LogP contribution in [0.25, 0.3) is 0 Å². The van der Waals surface area contributed by atoms with E-state index in [0.717, 1.165) is 19.4 Å². The summed E-state index contributed by atoms with van der Waals surface area (Å²) in [6.45, 7) is 2.61. The van der Waals surface area contributed by atoms with Crippen molar-refractivity contribution in [3.05, 3.63) is 34.2 Å². The third kappa shape index (κ3) is 2.24. The number of carbonyl (C=O) groups is 1. The second kappa shape index (κ2) is 4.71. The lowest BCUT2D eigenvalue weighted by atomic mass is 10.2. The summed E-state index contributed by atoms with van der Waals surface area (Å²) in [5.41, 5.74) is 0.480. The predicted molar refractivity (Wildman–Crippen MR) is 65.6 cm³/mol. The van der Waals surface area contributed by atoms with Gasteiger partial charge in [-0.05, 0) is 32.4 Å². The first kappa shape index (κ1) is 11.9. The fraction of sp³-hybridized carbons (Fsp3) is 0.500. The molecule has 1 aliphatic rings. The largest absolute Gasteiger partial charge is 0.306 e. The number of nitrogens with zero attached hydrogens (tertiary/aromatic N) is 2. The number of amides is 1. The zero-order chi connectivity index (χ0) is 12.4. The number of aryl methyl sites for hydroxylation is 1. The normalized spacial score (nSPS) is 19.3. The molecule has 0 spiro atoms. The highest BCUT2D eigenvalue weighted by Gasteiger charge is 2.26. The molecule has 0 aromatic carbocycles. The maximum absolute atomic E-state index is 12.1. The number of likely N-dealkylation sites (N-methyl/N-ethyl adjacent to an activating group) is 1. The molecule has 1 unspecified atom stereocenters. The first-order chi connectivity index (χ1) is 8.11. The van der Waals surface area contributed by atoms with Crippen LogP contribution in [-0.2, 0) is 4.79 Å². The monoisotopic (exact) mass is 235 g/mol. The summed E-state index contributed by atoms with van der Waals surface area (Å²) in [6, 6.07) is 3.35. The summed E-state index contributed by atoms with van der Waals surface area (Å²) in [5, 5.41) is 4.52. The summed E-state index contributed by atoms with van der Waals surface area (Å²) in [5.74, 6) is -0.0600. The number of hydrogen-bond donors (Lipinski definition) is 1. The highest BCUT2D eigenvalue weighted by atomic mass is 16.2. The van der Waals surface area contributed by atoms with Gasteiger partial charge in [-0.15, -0.1) is 0 Å². The molecule has 0 bridgehead atoms. The van der Waals surface area contributed by atoms with Crippen LogP contribution in [0.3, 0.4) is 0 Å². The van der Waals surface area contributed by atoms with Gasteiger partial charge in [0.1, 0.15) is 0 Å². The summed E-state index contributed by atoms with van der Waals surface area (Å²) in [4.78, 5) is 24.0. The molecule has 0 saturated carbocycles. The zero-order valence-corrected chi connectivity index (χ0v) is 10.1. The number of pyridine rings is 1. The highest BCUT2D eigenvalue weighted by molar-refractivity contribution is 5.90. The summed E-state index contributed by atoms with van der Waals surface area (Å²) in [7, 11) is 1.63. The molecule has 92 valence electrons. The third-order valence-corrected chi connectivity index (χ3v) is 3.12. The lowest BCUT2D eigenvalue weighted by Crippen LogP contribution is -2.50. The Morgan fingerprint density at radius 3 is 3.00 bits per heavy atom. The standard InChI is InChI=1S/C12H17N3O2/c1-9-5-4-8-15(11(9)16)14(2)12(17)10-6-3-7-13-10/h4-5,8,10,13H,3,6-7H2,1-2H3. The van der Waals surface area contributed by atoms with Crippen LogP contribution in [0.1, 0.15) is 18.4 Å². The van der Waals surface area contributed by atoms with Crippen molar-refractivity contribution in [2.75, 3.05) is 18.6 Å². The van der Waals surface area contributed by atoms with Gasteiger partial charge >= 0.3 is 0 Å². The van der Waals surface area contributed by atoms with Crippen molar-refractivity contribution in [1.29, 1.82) is 0 Å². The Bertz CT molecular complexity index is 475. The van der Waals surface area contributed by atoms with Crippen molar-refractivity contribution >= 4 is 5.91 Å². The zero-order valence-electron chi connectivity index (χ0n) is 10.1. The maximum atomic E-state index is 12.1. The van der Waals surface area contributed by atoms with E-state index in [1.54, 1.807) is 32.3 Å². The van der Waals surface area contributed by atoms with E-state index in [1.165, 1.54) is 9.69 Å². The molecule has 1 fully saturated rings. The van der Waals surface area contributed by atoms with E-state index in [4.69, 9.17) is 0 Å². The molecule has 5 heteroatoms. The second-order valence-electron chi connectivity index (χ2n) is 4.35. The predicted octanol–water partition coefficient (Wildman–Crippen LogP) is 0.00312. The molecule has 1 N–H and O–H groups in total. The molecular weight excluding hydrogens is 218 g/mol. The Balaban J connectivity index is 2.24. The average Bonchev–Trinajstić information content (AvgIpc) is 2.84. The number of rotatable bonds is 2. The van der Waals surface area contributed by atoms with Gasteiger partial charge in [-0.25, -0.2) is 9.69 Å². The van der Waals surface area contributed by atoms with Gasteiger partial charge in [-0.2, -0.15) is 0 Å². The van der Waals surface area contributed by atoms with Crippen LogP contribution in [0, 0.1) is 6.92 Å². The first-order valence-electron chi connectivity index (χ1n) is 5.81. The van der Waals surface area contributed by atoms with E-state index in [0.29, 0.717) is 5.56 Å². The van der Waals surface area contributed by atoms with Crippen molar-refractivity contribution in [2.45, 2.75) is 25.8 Å². The molecule has 2 rings (SSSR count). The minimum absolute atomic E-state index is 0.0600. The topological polar surface area (TPSA) is 54.3 Å². The quantitative estimate of drug-likeness (QED) is 0.785. The minimum atomic E-state index is -0.160. The number of hydrogen-bond acceptors (Lipinski definition) is 3. The SMILES string of the molecule is Cc1cccn(N(C)C(=O)C2CCCN2)c1=O. The molecule has 1 aliphatic heterocycles. The summed E-state index contributed by atoms with van der Waals surface area (Å²) >= 11 is 0. The van der Waals surface area contributed by atoms with Gasteiger partial charge in [0.25, 0.3) is 11.5 Å². The molecule has 1 saturated heterocycles. The van der Waals surface area contributed by atoms with Crippen molar-refractivity contribution in [3.8, 4) is 0 Å². The maximum Gasteiger partial charge on any atom is 0.272 e. The Morgan fingerprint density at radius 1 is 1.59 bits per heavy atom. The smallest absolute Gasteiger partial charge is 0.272 e. The number of aromatic nitrogens is 1. The molecular formula is C12H17N3O2. The minimum Gasteiger partial charge on any atom is -0.306 e. The highest BCUT2D eigenvalue weighted by Crippen LogP contribution is 2.06. The molecule has 1 aromatic heterocycles. The van der Waals surface area contributed by atoms with Crippen LogP contribution in [0.4, 0.5) is 0 Å². The average molecular weight is 235 g/mol. The van der Waals surface area contributed by atoms with Crippen LogP contribution in [0.5, 0.6) is 0 Å². The van der Waals surface area contributed by atoms with E-state index in [9.17, 15) is 9.59 Å². The Kier molecular flexibility index (Phi) is 3.28. The van der Waals surface area contributed by atoms with Crippen molar-refractivity contribution in [3.63, 3.8) is 0 Å². The van der Waals surface area contributed by atoms with Gasteiger partial charge < -0.3 is 5.32 Å². The van der Waals surface area contributed by atoms with Crippen molar-refractivity contribution in [2.24, 2.45) is 0 Å². The van der Waals surface area contributed by atoms with Gasteiger partial charge in [0.2, 0.25) is 0 Å². The molecule has 1 atom stereocenters. The molecule has 17 heavy (non-hydrogen) atoms. The molecule has 1 amide bonds. The fourth-order valence-corrected chi connectivity index (χ4v) is 2.05. The van der Waals surface area contributed by atoms with Crippen LogP contribution in [0.15, 0.2) is 23.1 Å².